The first kappa shape index (κ1) is 26.1. The average molecular weight is 550 g/mol. The quantitative estimate of drug-likeness (QED) is 0.294. The van der Waals surface area contributed by atoms with Crippen LogP contribution in [0.3, 0.4) is 0 Å². The van der Waals surface area contributed by atoms with E-state index in [0.717, 1.165) is 77.5 Å². The molecule has 3 fully saturated rings. The van der Waals surface area contributed by atoms with E-state index in [-0.39, 0.29) is 48.4 Å². The van der Waals surface area contributed by atoms with Crippen LogP contribution in [0.5, 0.6) is 0 Å². The van der Waals surface area contributed by atoms with Crippen LogP contribution in [0.2, 0.25) is 0 Å². The van der Waals surface area contributed by atoms with Gasteiger partial charge in [0.15, 0.2) is 5.96 Å². The van der Waals surface area contributed by atoms with Crippen LogP contribution in [0.4, 0.5) is 0 Å². The summed E-state index contributed by atoms with van der Waals surface area (Å²) < 4.78 is 5.71. The van der Waals surface area contributed by atoms with Crippen molar-refractivity contribution in [2.45, 2.75) is 38.2 Å². The van der Waals surface area contributed by atoms with Crippen LogP contribution in [0.1, 0.15) is 32.1 Å². The first-order chi connectivity index (χ1) is 14.5. The minimum atomic E-state index is -0.0165. The number of guanidine groups is 1. The largest absolute Gasteiger partial charge is 0.376 e. The lowest BCUT2D eigenvalue weighted by Crippen LogP contribution is -2.55. The average Bonchev–Trinajstić information content (AvgIpc) is 3.28. The van der Waals surface area contributed by atoms with Crippen molar-refractivity contribution in [2.75, 3.05) is 79.6 Å². The Bertz CT molecular complexity index is 598. The molecule has 3 saturated heterocycles. The van der Waals surface area contributed by atoms with Crippen LogP contribution in [-0.2, 0) is 14.3 Å². The van der Waals surface area contributed by atoms with Gasteiger partial charge in [0.05, 0.1) is 12.6 Å². The number of likely N-dealkylation sites (tertiary alicyclic amines) is 1. The Hall–Kier alpha value is -1.14. The molecule has 0 radical (unpaired) electrons. The summed E-state index contributed by atoms with van der Waals surface area (Å²) in [4.78, 5) is 37.1. The predicted octanol–water partition coefficient (Wildman–Crippen LogP) is 0.447. The number of nitrogens with zero attached hydrogens (tertiary/aromatic N) is 5. The van der Waals surface area contributed by atoms with Gasteiger partial charge >= 0.3 is 0 Å². The molecule has 31 heavy (non-hydrogen) atoms. The van der Waals surface area contributed by atoms with Gasteiger partial charge in [-0.2, -0.15) is 0 Å². The van der Waals surface area contributed by atoms with E-state index in [4.69, 9.17) is 4.74 Å². The SMILES string of the molecule is CN(C)C(=O)CN=C(NCC1CCCO1)N1CCN(CC(=O)N2CCCCC2)CC1.I. The molecule has 0 aromatic rings. The third kappa shape index (κ3) is 8.38. The van der Waals surface area contributed by atoms with Crippen molar-refractivity contribution >= 4 is 41.8 Å². The molecule has 1 atom stereocenters. The molecule has 0 bridgehead atoms. The van der Waals surface area contributed by atoms with Crippen LogP contribution in [0, 0.1) is 0 Å². The van der Waals surface area contributed by atoms with Crippen molar-refractivity contribution in [1.29, 1.82) is 0 Å². The number of ether oxygens (including phenoxy) is 1. The van der Waals surface area contributed by atoms with E-state index in [1.807, 2.05) is 4.90 Å². The fourth-order valence-corrected chi connectivity index (χ4v) is 4.11. The Morgan fingerprint density at radius 2 is 1.71 bits per heavy atom. The predicted molar refractivity (Wildman–Crippen MR) is 132 cm³/mol. The summed E-state index contributed by atoms with van der Waals surface area (Å²) in [6, 6.07) is 0. The van der Waals surface area contributed by atoms with Gasteiger partial charge in [0.25, 0.3) is 0 Å². The molecule has 178 valence electrons. The Kier molecular flexibility index (Phi) is 11.3. The summed E-state index contributed by atoms with van der Waals surface area (Å²) >= 11 is 0. The molecule has 2 amide bonds. The lowest BCUT2D eigenvalue weighted by atomic mass is 10.1. The first-order valence-corrected chi connectivity index (χ1v) is 11.4. The van der Waals surface area contributed by atoms with E-state index in [1.54, 1.807) is 19.0 Å². The van der Waals surface area contributed by atoms with Crippen molar-refractivity contribution in [3.05, 3.63) is 0 Å². The minimum absolute atomic E-state index is 0. The molecule has 3 heterocycles. The van der Waals surface area contributed by atoms with Crippen molar-refractivity contribution in [3.8, 4) is 0 Å². The summed E-state index contributed by atoms with van der Waals surface area (Å²) in [5, 5.41) is 3.42. The summed E-state index contributed by atoms with van der Waals surface area (Å²) in [6.45, 7) is 7.21. The number of carbonyl (C=O) groups is 2. The van der Waals surface area contributed by atoms with E-state index >= 15 is 0 Å². The summed E-state index contributed by atoms with van der Waals surface area (Å²) in [7, 11) is 3.49. The van der Waals surface area contributed by atoms with Crippen molar-refractivity contribution in [2.24, 2.45) is 4.99 Å². The lowest BCUT2D eigenvalue weighted by Gasteiger charge is -2.37. The molecule has 3 aliphatic rings. The van der Waals surface area contributed by atoms with E-state index in [2.05, 4.69) is 20.1 Å². The standard InChI is InChI=1S/C21H38N6O3.HI/c1-24(2)19(28)16-23-21(22-15-18-7-6-14-30-18)27-12-10-25(11-13-27)17-20(29)26-8-4-3-5-9-26;/h18H,3-17H2,1-2H3,(H,22,23);1H. The number of nitrogens with one attached hydrogen (secondary N) is 1. The minimum Gasteiger partial charge on any atom is -0.376 e. The normalized spacial score (nSPS) is 22.8. The number of piperidine rings is 1. The number of aliphatic imine (C=N–C) groups is 1. The number of halogens is 1. The molecule has 3 aliphatic heterocycles. The van der Waals surface area contributed by atoms with Gasteiger partial charge < -0.3 is 24.8 Å². The number of piperazine rings is 1. The van der Waals surface area contributed by atoms with Gasteiger partial charge in [0.1, 0.15) is 6.54 Å². The van der Waals surface area contributed by atoms with Gasteiger partial charge in [-0.3, -0.25) is 14.5 Å². The topological polar surface area (TPSA) is 80.7 Å². The molecule has 9 nitrogen and oxygen atoms in total. The van der Waals surface area contributed by atoms with E-state index in [9.17, 15) is 9.59 Å². The summed E-state index contributed by atoms with van der Waals surface area (Å²) in [5.74, 6) is 1.00. The van der Waals surface area contributed by atoms with Gasteiger partial charge in [-0.25, -0.2) is 4.99 Å². The number of hydrogen-bond donors (Lipinski definition) is 1. The molecule has 1 N–H and O–H groups in total. The maximum Gasteiger partial charge on any atom is 0.243 e. The fraction of sp³-hybridized carbons (Fsp3) is 0.857. The molecule has 0 aromatic heterocycles. The van der Waals surface area contributed by atoms with Crippen molar-refractivity contribution < 1.29 is 14.3 Å². The number of amides is 2. The van der Waals surface area contributed by atoms with E-state index in [0.29, 0.717) is 13.1 Å². The molecular weight excluding hydrogens is 511 g/mol. The fourth-order valence-electron chi connectivity index (χ4n) is 4.11. The van der Waals surface area contributed by atoms with Gasteiger partial charge in [-0.05, 0) is 32.1 Å². The monoisotopic (exact) mass is 550 g/mol. The van der Waals surface area contributed by atoms with Crippen molar-refractivity contribution in [3.63, 3.8) is 0 Å². The molecule has 0 saturated carbocycles. The molecule has 10 heteroatoms. The van der Waals surface area contributed by atoms with Gasteiger partial charge in [-0.1, -0.05) is 0 Å². The lowest BCUT2D eigenvalue weighted by molar-refractivity contribution is -0.133. The Balaban J connectivity index is 0.00000341. The maximum atomic E-state index is 12.6. The third-order valence-corrected chi connectivity index (χ3v) is 6.11. The molecule has 0 spiro atoms. The third-order valence-electron chi connectivity index (χ3n) is 6.11. The number of likely N-dealkylation sites (N-methyl/N-ethyl adjacent to an activating group) is 1. The Morgan fingerprint density at radius 3 is 2.32 bits per heavy atom. The second-order valence-corrected chi connectivity index (χ2v) is 8.65. The maximum absolute atomic E-state index is 12.6. The molecule has 1 unspecified atom stereocenters. The van der Waals surface area contributed by atoms with Gasteiger partial charge in [0.2, 0.25) is 11.8 Å². The summed E-state index contributed by atoms with van der Waals surface area (Å²) in [5.41, 5.74) is 0. The van der Waals surface area contributed by atoms with Crippen molar-refractivity contribution in [1.82, 2.24) is 24.9 Å². The highest BCUT2D eigenvalue weighted by molar-refractivity contribution is 14.0. The van der Waals surface area contributed by atoms with Crippen LogP contribution in [-0.4, -0.2) is 123 Å². The van der Waals surface area contributed by atoms with Crippen LogP contribution in [0.25, 0.3) is 0 Å². The van der Waals surface area contributed by atoms with E-state index < -0.39 is 0 Å². The molecular formula is C21H39IN6O3. The number of carbonyl (C=O) groups excluding carboxylic acids is 2. The molecule has 0 aliphatic carbocycles. The van der Waals surface area contributed by atoms with E-state index in [1.165, 1.54) is 6.42 Å². The van der Waals surface area contributed by atoms with Crippen LogP contribution < -0.4 is 5.32 Å². The number of rotatable bonds is 6. The molecule has 3 rings (SSSR count). The highest BCUT2D eigenvalue weighted by Crippen LogP contribution is 2.12. The zero-order valence-electron chi connectivity index (χ0n) is 19.1. The number of hydrogen-bond acceptors (Lipinski definition) is 5. The summed E-state index contributed by atoms with van der Waals surface area (Å²) in [6.07, 6.45) is 5.86. The Morgan fingerprint density at radius 1 is 1.00 bits per heavy atom. The Labute approximate surface area is 203 Å². The highest BCUT2D eigenvalue weighted by atomic mass is 127. The zero-order chi connectivity index (χ0) is 21.3. The molecule has 0 aromatic carbocycles. The smallest absolute Gasteiger partial charge is 0.243 e. The highest BCUT2D eigenvalue weighted by Gasteiger charge is 2.25. The second-order valence-electron chi connectivity index (χ2n) is 8.65. The second kappa shape index (κ2) is 13.4. The van der Waals surface area contributed by atoms with Gasteiger partial charge in [-0.15, -0.1) is 24.0 Å². The first-order valence-electron chi connectivity index (χ1n) is 11.4. The zero-order valence-corrected chi connectivity index (χ0v) is 21.4. The van der Waals surface area contributed by atoms with Gasteiger partial charge in [0, 0.05) is 66.5 Å². The van der Waals surface area contributed by atoms with Crippen LogP contribution in [0.15, 0.2) is 4.99 Å². The van der Waals surface area contributed by atoms with Crippen LogP contribution >= 0.6 is 24.0 Å².